The summed E-state index contributed by atoms with van der Waals surface area (Å²) in [4.78, 5) is 2.59. The molecule has 2 unspecified atom stereocenters. The van der Waals surface area contributed by atoms with E-state index >= 15 is 0 Å². The van der Waals surface area contributed by atoms with E-state index in [-0.39, 0.29) is 0 Å². The Morgan fingerprint density at radius 1 is 1.20 bits per heavy atom. The minimum atomic E-state index is 0.577. The molecule has 0 saturated carbocycles. The summed E-state index contributed by atoms with van der Waals surface area (Å²) in [5.74, 6) is 0.732. The number of hydrogen-bond acceptors (Lipinski definition) is 2. The molecule has 112 valence electrons. The summed E-state index contributed by atoms with van der Waals surface area (Å²) >= 11 is 0. The van der Waals surface area contributed by atoms with Crippen LogP contribution in [-0.4, -0.2) is 31.6 Å². The predicted molar refractivity (Wildman–Crippen MR) is 87.1 cm³/mol. The van der Waals surface area contributed by atoms with Crippen molar-refractivity contribution in [3.63, 3.8) is 0 Å². The Hall–Kier alpha value is -0.860. The molecule has 2 nitrogen and oxygen atoms in total. The van der Waals surface area contributed by atoms with Gasteiger partial charge in [-0.3, -0.25) is 4.90 Å². The lowest BCUT2D eigenvalue weighted by Gasteiger charge is -2.34. The van der Waals surface area contributed by atoms with Crippen LogP contribution in [0.5, 0.6) is 0 Å². The Morgan fingerprint density at radius 3 is 2.75 bits per heavy atom. The van der Waals surface area contributed by atoms with Crippen molar-refractivity contribution in [2.24, 2.45) is 5.92 Å². The van der Waals surface area contributed by atoms with Crippen molar-refractivity contribution in [3.8, 4) is 0 Å². The maximum absolute atomic E-state index is 3.58. The van der Waals surface area contributed by atoms with Gasteiger partial charge in [0, 0.05) is 6.04 Å². The highest BCUT2D eigenvalue weighted by molar-refractivity contribution is 5.31. The van der Waals surface area contributed by atoms with E-state index in [1.807, 2.05) is 0 Å². The first-order valence-corrected chi connectivity index (χ1v) is 8.26. The normalized spacial score (nSPS) is 24.6. The van der Waals surface area contributed by atoms with E-state index in [1.54, 1.807) is 5.56 Å². The molecule has 1 fully saturated rings. The number of likely N-dealkylation sites (tertiary alicyclic amines) is 1. The summed E-state index contributed by atoms with van der Waals surface area (Å²) in [6.45, 7) is 7.92. The van der Waals surface area contributed by atoms with Crippen molar-refractivity contribution in [2.75, 3.05) is 26.7 Å². The standard InChI is InChI=1S/C18H30N2/c1-4-15-10-6-7-12-17(15)18-16(14-19-5-2)11-8-9-13-20(18)3/h6-7,10,12,16,18-19H,4-5,8-9,11,13-14H2,1-3H3. The molecule has 0 bridgehead atoms. The van der Waals surface area contributed by atoms with Gasteiger partial charge in [-0.05, 0) is 63.0 Å². The lowest BCUT2D eigenvalue weighted by Crippen LogP contribution is -2.35. The second kappa shape index (κ2) is 7.80. The predicted octanol–water partition coefficient (Wildman–Crippen LogP) is 3.63. The molecule has 2 atom stereocenters. The Bertz CT molecular complexity index is 402. The van der Waals surface area contributed by atoms with Gasteiger partial charge in [-0.2, -0.15) is 0 Å². The summed E-state index contributed by atoms with van der Waals surface area (Å²) in [6, 6.07) is 9.62. The second-order valence-corrected chi connectivity index (χ2v) is 6.04. The minimum absolute atomic E-state index is 0.577. The average molecular weight is 274 g/mol. The minimum Gasteiger partial charge on any atom is -0.317 e. The summed E-state index contributed by atoms with van der Waals surface area (Å²) in [5.41, 5.74) is 3.08. The Balaban J connectivity index is 2.29. The molecule has 0 aromatic heterocycles. The highest BCUT2D eigenvalue weighted by Crippen LogP contribution is 2.35. The molecule has 1 aliphatic rings. The van der Waals surface area contributed by atoms with Gasteiger partial charge in [-0.1, -0.05) is 44.5 Å². The molecule has 0 amide bonds. The third kappa shape index (κ3) is 3.62. The molecule has 1 aromatic carbocycles. The maximum atomic E-state index is 3.58. The molecule has 1 saturated heterocycles. The van der Waals surface area contributed by atoms with E-state index in [4.69, 9.17) is 0 Å². The first-order chi connectivity index (χ1) is 9.77. The van der Waals surface area contributed by atoms with E-state index in [0.717, 1.165) is 25.4 Å². The second-order valence-electron chi connectivity index (χ2n) is 6.04. The van der Waals surface area contributed by atoms with Crippen molar-refractivity contribution < 1.29 is 0 Å². The van der Waals surface area contributed by atoms with E-state index < -0.39 is 0 Å². The molecule has 2 heteroatoms. The summed E-state index contributed by atoms with van der Waals surface area (Å²) in [6.07, 6.45) is 5.18. The number of benzene rings is 1. The van der Waals surface area contributed by atoms with Crippen LogP contribution < -0.4 is 5.32 Å². The Kier molecular flexibility index (Phi) is 6.06. The largest absolute Gasteiger partial charge is 0.317 e. The van der Waals surface area contributed by atoms with Gasteiger partial charge in [0.25, 0.3) is 0 Å². The van der Waals surface area contributed by atoms with Crippen LogP contribution in [0.15, 0.2) is 24.3 Å². The molecule has 2 rings (SSSR count). The smallest absolute Gasteiger partial charge is 0.0388 e. The number of nitrogens with one attached hydrogen (secondary N) is 1. The molecule has 1 heterocycles. The van der Waals surface area contributed by atoms with Crippen LogP contribution in [0.1, 0.15) is 50.3 Å². The van der Waals surface area contributed by atoms with Gasteiger partial charge >= 0.3 is 0 Å². The zero-order valence-electron chi connectivity index (χ0n) is 13.4. The fourth-order valence-corrected chi connectivity index (χ4v) is 3.60. The summed E-state index contributed by atoms with van der Waals surface area (Å²) in [5, 5.41) is 3.58. The van der Waals surface area contributed by atoms with Gasteiger partial charge in [0.1, 0.15) is 0 Å². The third-order valence-corrected chi connectivity index (χ3v) is 4.67. The van der Waals surface area contributed by atoms with Crippen LogP contribution in [0, 0.1) is 5.92 Å². The highest BCUT2D eigenvalue weighted by Gasteiger charge is 2.29. The lowest BCUT2D eigenvalue weighted by atomic mass is 9.86. The molecular formula is C18H30N2. The average Bonchev–Trinajstić information content (AvgIpc) is 2.66. The third-order valence-electron chi connectivity index (χ3n) is 4.67. The van der Waals surface area contributed by atoms with Gasteiger partial charge in [0.05, 0.1) is 0 Å². The van der Waals surface area contributed by atoms with E-state index in [9.17, 15) is 0 Å². The number of rotatable bonds is 5. The van der Waals surface area contributed by atoms with Gasteiger partial charge in [-0.15, -0.1) is 0 Å². The summed E-state index contributed by atoms with van der Waals surface area (Å²) in [7, 11) is 2.31. The molecule has 1 N–H and O–H groups in total. The Morgan fingerprint density at radius 2 is 2.00 bits per heavy atom. The van der Waals surface area contributed by atoms with Crippen LogP contribution in [0.25, 0.3) is 0 Å². The van der Waals surface area contributed by atoms with E-state index in [0.29, 0.717) is 6.04 Å². The van der Waals surface area contributed by atoms with Crippen molar-refractivity contribution in [1.29, 1.82) is 0 Å². The van der Waals surface area contributed by atoms with Crippen LogP contribution in [-0.2, 0) is 6.42 Å². The highest BCUT2D eigenvalue weighted by atomic mass is 15.1. The van der Waals surface area contributed by atoms with Crippen LogP contribution in [0.2, 0.25) is 0 Å². The zero-order valence-corrected chi connectivity index (χ0v) is 13.4. The fraction of sp³-hybridized carbons (Fsp3) is 0.667. The quantitative estimate of drug-likeness (QED) is 0.882. The monoisotopic (exact) mass is 274 g/mol. The lowest BCUT2D eigenvalue weighted by molar-refractivity contribution is 0.188. The molecule has 0 radical (unpaired) electrons. The number of aryl methyl sites for hydroxylation is 1. The molecule has 1 aromatic rings. The van der Waals surface area contributed by atoms with Crippen molar-refractivity contribution in [1.82, 2.24) is 10.2 Å². The van der Waals surface area contributed by atoms with Gasteiger partial charge in [0.2, 0.25) is 0 Å². The number of nitrogens with zero attached hydrogens (tertiary/aromatic N) is 1. The first-order valence-electron chi connectivity index (χ1n) is 8.26. The van der Waals surface area contributed by atoms with Crippen LogP contribution >= 0.6 is 0 Å². The number of hydrogen-bond donors (Lipinski definition) is 1. The maximum Gasteiger partial charge on any atom is 0.0388 e. The van der Waals surface area contributed by atoms with E-state index in [2.05, 4.69) is 55.4 Å². The van der Waals surface area contributed by atoms with Gasteiger partial charge in [0.15, 0.2) is 0 Å². The van der Waals surface area contributed by atoms with E-state index in [1.165, 1.54) is 31.4 Å². The molecule has 0 aliphatic carbocycles. The van der Waals surface area contributed by atoms with Gasteiger partial charge < -0.3 is 5.32 Å². The molecule has 0 spiro atoms. The van der Waals surface area contributed by atoms with Crippen molar-refractivity contribution in [2.45, 2.75) is 45.6 Å². The van der Waals surface area contributed by atoms with Crippen LogP contribution in [0.3, 0.4) is 0 Å². The SMILES string of the molecule is CCNCC1CCCCN(C)C1c1ccccc1CC. The summed E-state index contributed by atoms with van der Waals surface area (Å²) < 4.78 is 0. The van der Waals surface area contributed by atoms with Gasteiger partial charge in [-0.25, -0.2) is 0 Å². The zero-order chi connectivity index (χ0) is 14.4. The molecular weight excluding hydrogens is 244 g/mol. The molecule has 1 aliphatic heterocycles. The first kappa shape index (κ1) is 15.5. The topological polar surface area (TPSA) is 15.3 Å². The molecule has 20 heavy (non-hydrogen) atoms. The Labute approximate surface area is 124 Å². The van der Waals surface area contributed by atoms with Crippen LogP contribution in [0.4, 0.5) is 0 Å². The fourth-order valence-electron chi connectivity index (χ4n) is 3.60. The van der Waals surface area contributed by atoms with Crippen molar-refractivity contribution in [3.05, 3.63) is 35.4 Å². The van der Waals surface area contributed by atoms with Crippen molar-refractivity contribution >= 4 is 0 Å².